The van der Waals surface area contributed by atoms with E-state index in [1.165, 1.54) is 30.6 Å². The summed E-state index contributed by atoms with van der Waals surface area (Å²) in [6.07, 6.45) is 1.34. The molecule has 0 saturated carbocycles. The number of primary amides is 1. The number of rotatable bonds is 5. The predicted molar refractivity (Wildman–Crippen MR) is 114 cm³/mol. The summed E-state index contributed by atoms with van der Waals surface area (Å²) in [6, 6.07) is 7.29. The minimum atomic E-state index is -3.85. The number of oxazole rings is 1. The third kappa shape index (κ3) is 3.60. The maximum atomic E-state index is 13.0. The average Bonchev–Trinajstić information content (AvgIpc) is 3.32. The van der Waals surface area contributed by atoms with Gasteiger partial charge in [-0.25, -0.2) is 13.2 Å². The number of nitrogens with two attached hydrogens (primary N) is 1. The van der Waals surface area contributed by atoms with Gasteiger partial charge < -0.3 is 19.6 Å². The summed E-state index contributed by atoms with van der Waals surface area (Å²) in [5, 5.41) is 0. The first-order valence-electron chi connectivity index (χ1n) is 9.96. The van der Waals surface area contributed by atoms with Gasteiger partial charge in [-0.15, -0.1) is 0 Å². The Hall–Kier alpha value is -3.38. The van der Waals surface area contributed by atoms with Crippen LogP contribution in [0.15, 0.2) is 50.6 Å². The van der Waals surface area contributed by atoms with Crippen LogP contribution in [0, 0.1) is 0 Å². The lowest BCUT2D eigenvalue weighted by molar-refractivity contribution is -0.135. The number of amides is 2. The van der Waals surface area contributed by atoms with E-state index in [0.717, 1.165) is 0 Å². The number of benzene rings is 1. The number of nitrogens with zero attached hydrogens (tertiary/aromatic N) is 4. The van der Waals surface area contributed by atoms with Crippen molar-refractivity contribution < 1.29 is 22.4 Å². The highest BCUT2D eigenvalue weighted by molar-refractivity contribution is 7.89. The molecule has 1 atom stereocenters. The van der Waals surface area contributed by atoms with E-state index in [-0.39, 0.29) is 42.7 Å². The minimum Gasteiger partial charge on any atom is -0.408 e. The Morgan fingerprint density at radius 3 is 2.41 bits per heavy atom. The average molecular weight is 462 g/mol. The van der Waals surface area contributed by atoms with Gasteiger partial charge in [0.2, 0.25) is 15.9 Å². The summed E-state index contributed by atoms with van der Waals surface area (Å²) in [6.45, 7) is 2.13. The fourth-order valence-corrected chi connectivity index (χ4v) is 5.44. The molecule has 1 fully saturated rings. The van der Waals surface area contributed by atoms with E-state index in [1.54, 1.807) is 38.2 Å². The number of carbonyl (C=O) groups excluding carboxylic acids is 2. The minimum absolute atomic E-state index is 0.0293. The molecule has 11 nitrogen and oxygen atoms in total. The first-order valence-corrected chi connectivity index (χ1v) is 11.4. The molecule has 0 radical (unpaired) electrons. The summed E-state index contributed by atoms with van der Waals surface area (Å²) >= 11 is 0. The molecule has 3 heterocycles. The third-order valence-electron chi connectivity index (χ3n) is 5.68. The van der Waals surface area contributed by atoms with Gasteiger partial charge in [-0.3, -0.25) is 14.2 Å². The van der Waals surface area contributed by atoms with E-state index in [2.05, 4.69) is 0 Å². The second-order valence-electron chi connectivity index (χ2n) is 7.65. The van der Waals surface area contributed by atoms with Crippen molar-refractivity contribution in [3.05, 3.63) is 52.8 Å². The van der Waals surface area contributed by atoms with Crippen molar-refractivity contribution in [3.8, 4) is 0 Å². The molecule has 2 N–H and O–H groups in total. The van der Waals surface area contributed by atoms with Crippen LogP contribution in [-0.2, 0) is 21.9 Å². The molecule has 170 valence electrons. The fourth-order valence-electron chi connectivity index (χ4n) is 3.94. The van der Waals surface area contributed by atoms with Crippen molar-refractivity contribution in [1.82, 2.24) is 18.3 Å². The molecule has 0 bridgehead atoms. The Balaban J connectivity index is 1.49. The lowest BCUT2D eigenvalue weighted by Gasteiger charge is -2.35. The first-order chi connectivity index (χ1) is 15.1. The zero-order valence-corrected chi connectivity index (χ0v) is 18.4. The molecule has 1 aromatic carbocycles. The number of sulfonamides is 1. The SMILES string of the molecule is C[C@H](C(=O)N1CCN(S(=O)(=O)c2cc(C(N)=O)n(C)c2)CC1)n1c(=O)oc2ccccc21. The maximum Gasteiger partial charge on any atom is 0.420 e. The number of piperazine rings is 1. The molecule has 32 heavy (non-hydrogen) atoms. The monoisotopic (exact) mass is 461 g/mol. The normalized spacial score (nSPS) is 16.4. The standard InChI is InChI=1S/C20H23N5O6S/c1-13(25-15-5-3-4-6-17(15)31-20(25)28)19(27)23-7-9-24(10-8-23)32(29,30)14-11-16(18(21)26)22(2)12-14/h3-6,11-13H,7-10H2,1-2H3,(H2,21,26)/t13-/m1/s1. The third-order valence-corrected chi connectivity index (χ3v) is 7.55. The van der Waals surface area contributed by atoms with Crippen LogP contribution in [0.5, 0.6) is 0 Å². The van der Waals surface area contributed by atoms with Crippen molar-refractivity contribution in [2.24, 2.45) is 12.8 Å². The van der Waals surface area contributed by atoms with Crippen molar-refractivity contribution in [1.29, 1.82) is 0 Å². The van der Waals surface area contributed by atoms with Gasteiger partial charge in [-0.1, -0.05) is 12.1 Å². The highest BCUT2D eigenvalue weighted by Crippen LogP contribution is 2.22. The Kier molecular flexibility index (Phi) is 5.42. The van der Waals surface area contributed by atoms with E-state index < -0.39 is 27.7 Å². The second-order valence-corrected chi connectivity index (χ2v) is 9.59. The van der Waals surface area contributed by atoms with Gasteiger partial charge >= 0.3 is 5.76 Å². The lowest BCUT2D eigenvalue weighted by Crippen LogP contribution is -2.52. The molecule has 2 amide bonds. The van der Waals surface area contributed by atoms with E-state index in [0.29, 0.717) is 11.1 Å². The van der Waals surface area contributed by atoms with Crippen molar-refractivity contribution >= 4 is 32.9 Å². The number of aryl methyl sites for hydroxylation is 1. The van der Waals surface area contributed by atoms with Gasteiger partial charge in [0.05, 0.1) is 5.52 Å². The predicted octanol–water partition coefficient (Wildman–Crippen LogP) is 0.126. The summed E-state index contributed by atoms with van der Waals surface area (Å²) in [5.74, 6) is -1.64. The van der Waals surface area contributed by atoms with Crippen LogP contribution >= 0.6 is 0 Å². The molecule has 0 aliphatic carbocycles. The lowest BCUT2D eigenvalue weighted by atomic mass is 10.2. The topological polar surface area (TPSA) is 141 Å². The molecule has 3 aromatic rings. The quantitative estimate of drug-likeness (QED) is 0.572. The highest BCUT2D eigenvalue weighted by atomic mass is 32.2. The van der Waals surface area contributed by atoms with E-state index in [9.17, 15) is 22.8 Å². The van der Waals surface area contributed by atoms with Crippen LogP contribution < -0.4 is 11.5 Å². The largest absolute Gasteiger partial charge is 0.420 e. The van der Waals surface area contributed by atoms with Gasteiger partial charge in [-0.2, -0.15) is 4.31 Å². The maximum absolute atomic E-state index is 13.0. The van der Waals surface area contributed by atoms with Crippen LogP contribution in [0.4, 0.5) is 0 Å². The van der Waals surface area contributed by atoms with Gasteiger partial charge in [0.15, 0.2) is 5.58 Å². The van der Waals surface area contributed by atoms with Crippen molar-refractivity contribution in [2.45, 2.75) is 17.9 Å². The van der Waals surface area contributed by atoms with E-state index in [4.69, 9.17) is 10.2 Å². The molecule has 1 aliphatic heterocycles. The van der Waals surface area contributed by atoms with Gasteiger partial charge in [0.1, 0.15) is 16.6 Å². The van der Waals surface area contributed by atoms with Gasteiger partial charge in [0.25, 0.3) is 5.91 Å². The molecule has 0 unspecified atom stereocenters. The molecule has 12 heteroatoms. The number of aromatic nitrogens is 2. The van der Waals surface area contributed by atoms with Crippen LogP contribution in [-0.4, -0.2) is 64.8 Å². The van der Waals surface area contributed by atoms with Crippen LogP contribution in [0.25, 0.3) is 11.1 Å². The number of hydrogen-bond donors (Lipinski definition) is 1. The first kappa shape index (κ1) is 21.8. The number of para-hydroxylation sites is 2. The fraction of sp³-hybridized carbons (Fsp3) is 0.350. The summed E-state index contributed by atoms with van der Waals surface area (Å²) < 4.78 is 35.1. The number of carbonyl (C=O) groups is 2. The van der Waals surface area contributed by atoms with E-state index in [1.807, 2.05) is 0 Å². The summed E-state index contributed by atoms with van der Waals surface area (Å²) in [4.78, 5) is 38.3. The van der Waals surface area contributed by atoms with E-state index >= 15 is 0 Å². The van der Waals surface area contributed by atoms with Gasteiger partial charge in [-0.05, 0) is 25.1 Å². The second kappa shape index (κ2) is 7.95. The molecular weight excluding hydrogens is 438 g/mol. The smallest absolute Gasteiger partial charge is 0.408 e. The molecule has 2 aromatic heterocycles. The molecule has 1 aliphatic rings. The summed E-state index contributed by atoms with van der Waals surface area (Å²) in [7, 11) is -2.31. The zero-order chi connectivity index (χ0) is 23.2. The Morgan fingerprint density at radius 1 is 1.12 bits per heavy atom. The van der Waals surface area contributed by atoms with Crippen LogP contribution in [0.2, 0.25) is 0 Å². The Bertz CT molecular complexity index is 1360. The van der Waals surface area contributed by atoms with Crippen molar-refractivity contribution in [2.75, 3.05) is 26.2 Å². The number of fused-ring (bicyclic) bond motifs is 1. The molecule has 0 spiro atoms. The Labute approximate surface area is 183 Å². The molecule has 1 saturated heterocycles. The van der Waals surface area contributed by atoms with Crippen molar-refractivity contribution in [3.63, 3.8) is 0 Å². The zero-order valence-electron chi connectivity index (χ0n) is 17.6. The molecular formula is C20H23N5O6S. The van der Waals surface area contributed by atoms with Crippen LogP contribution in [0.3, 0.4) is 0 Å². The number of hydrogen-bond acceptors (Lipinski definition) is 6. The molecule has 4 rings (SSSR count). The summed E-state index contributed by atoms with van der Waals surface area (Å²) in [5.41, 5.74) is 6.28. The van der Waals surface area contributed by atoms with Crippen LogP contribution in [0.1, 0.15) is 23.5 Å². The highest BCUT2D eigenvalue weighted by Gasteiger charge is 2.33. The van der Waals surface area contributed by atoms with Gasteiger partial charge in [0, 0.05) is 39.4 Å². The Morgan fingerprint density at radius 2 is 1.78 bits per heavy atom.